The highest BCUT2D eigenvalue weighted by Crippen LogP contribution is 2.27. The minimum Gasteiger partial charge on any atom is -0.466 e. The molecule has 1 fully saturated rings. The van der Waals surface area contributed by atoms with E-state index in [0.29, 0.717) is 36.9 Å². The molecule has 0 aromatic carbocycles. The molecule has 0 radical (unpaired) electrons. The van der Waals surface area contributed by atoms with Crippen LogP contribution in [0.25, 0.3) is 16.5 Å². The number of ether oxygens (including phenoxy) is 1. The Morgan fingerprint density at radius 3 is 2.87 bits per heavy atom. The lowest BCUT2D eigenvalue weighted by atomic mass is 9.97. The lowest BCUT2D eigenvalue weighted by Crippen LogP contribution is -2.43. The van der Waals surface area contributed by atoms with E-state index in [1.807, 2.05) is 31.4 Å². The molecular formula is C22H25N5O3S. The number of carbonyl (C=O) groups excluding carboxylic acids is 2. The smallest absolute Gasteiger partial charge is 0.310 e. The monoisotopic (exact) mass is 439 g/mol. The molecule has 9 heteroatoms. The summed E-state index contributed by atoms with van der Waals surface area (Å²) in [4.78, 5) is 37.2. The van der Waals surface area contributed by atoms with E-state index in [4.69, 9.17) is 9.72 Å². The average molecular weight is 440 g/mol. The number of aryl methyl sites for hydroxylation is 1. The van der Waals surface area contributed by atoms with E-state index in [1.54, 1.807) is 40.2 Å². The maximum Gasteiger partial charge on any atom is 0.310 e. The summed E-state index contributed by atoms with van der Waals surface area (Å²) in [6.45, 7) is 6.92. The third-order valence-corrected chi connectivity index (χ3v) is 6.35. The van der Waals surface area contributed by atoms with Crippen LogP contribution in [0.15, 0.2) is 29.9 Å². The first-order valence-corrected chi connectivity index (χ1v) is 11.3. The number of piperidine rings is 1. The molecule has 4 rings (SSSR count). The van der Waals surface area contributed by atoms with Gasteiger partial charge < -0.3 is 9.64 Å². The Labute approximate surface area is 184 Å². The van der Waals surface area contributed by atoms with Gasteiger partial charge >= 0.3 is 5.97 Å². The van der Waals surface area contributed by atoms with Crippen molar-refractivity contribution in [2.24, 2.45) is 5.92 Å². The largest absolute Gasteiger partial charge is 0.466 e. The summed E-state index contributed by atoms with van der Waals surface area (Å²) in [6.07, 6.45) is 4.84. The average Bonchev–Trinajstić information content (AvgIpc) is 3.44. The molecule has 0 N–H and O–H groups in total. The second-order valence-electron chi connectivity index (χ2n) is 7.58. The summed E-state index contributed by atoms with van der Waals surface area (Å²) < 4.78 is 6.74. The van der Waals surface area contributed by atoms with Crippen molar-refractivity contribution in [2.75, 3.05) is 19.7 Å². The lowest BCUT2D eigenvalue weighted by molar-refractivity contribution is -0.149. The molecule has 8 nitrogen and oxygen atoms in total. The van der Waals surface area contributed by atoms with Gasteiger partial charge in [-0.15, -0.1) is 11.3 Å². The maximum absolute atomic E-state index is 13.2. The predicted molar refractivity (Wildman–Crippen MR) is 117 cm³/mol. The van der Waals surface area contributed by atoms with E-state index >= 15 is 0 Å². The van der Waals surface area contributed by atoms with Crippen LogP contribution in [0.5, 0.6) is 0 Å². The second-order valence-corrected chi connectivity index (χ2v) is 8.52. The SMILES string of the molecule is CCOC(=O)C1CCCN(C(=O)c2cnn(-c3ncc(C)c(-c4cccs4)n3)c2C)C1. The molecule has 1 aliphatic heterocycles. The number of esters is 1. The Bertz CT molecular complexity index is 1090. The minimum absolute atomic E-state index is 0.136. The van der Waals surface area contributed by atoms with Gasteiger partial charge in [-0.2, -0.15) is 5.10 Å². The van der Waals surface area contributed by atoms with Gasteiger partial charge in [-0.25, -0.2) is 14.6 Å². The molecule has 162 valence electrons. The van der Waals surface area contributed by atoms with Crippen molar-refractivity contribution in [1.29, 1.82) is 0 Å². The normalized spacial score (nSPS) is 16.4. The fraction of sp³-hybridized carbons (Fsp3) is 0.409. The molecular weight excluding hydrogens is 414 g/mol. The Morgan fingerprint density at radius 1 is 1.29 bits per heavy atom. The molecule has 3 aromatic rings. The highest BCUT2D eigenvalue weighted by Gasteiger charge is 2.31. The number of likely N-dealkylation sites (tertiary alicyclic amines) is 1. The number of thiophene rings is 1. The molecule has 31 heavy (non-hydrogen) atoms. The van der Waals surface area contributed by atoms with Gasteiger partial charge in [-0.1, -0.05) is 6.07 Å². The van der Waals surface area contributed by atoms with Crippen molar-refractivity contribution in [3.63, 3.8) is 0 Å². The van der Waals surface area contributed by atoms with E-state index < -0.39 is 0 Å². The zero-order chi connectivity index (χ0) is 22.0. The Kier molecular flexibility index (Phi) is 6.13. The Hall–Kier alpha value is -3.07. The van der Waals surface area contributed by atoms with Crippen LogP contribution < -0.4 is 0 Å². The zero-order valence-electron chi connectivity index (χ0n) is 17.9. The summed E-state index contributed by atoms with van der Waals surface area (Å²) in [5.74, 6) is -0.222. The van der Waals surface area contributed by atoms with Crippen LogP contribution in [-0.4, -0.2) is 56.2 Å². The third-order valence-electron chi connectivity index (χ3n) is 5.47. The summed E-state index contributed by atoms with van der Waals surface area (Å²) in [6, 6.07) is 4.00. The summed E-state index contributed by atoms with van der Waals surface area (Å²) >= 11 is 1.61. The van der Waals surface area contributed by atoms with E-state index in [-0.39, 0.29) is 17.8 Å². The number of hydrogen-bond donors (Lipinski definition) is 0. The van der Waals surface area contributed by atoms with Gasteiger partial charge in [0, 0.05) is 19.3 Å². The van der Waals surface area contributed by atoms with E-state index in [1.165, 1.54) is 0 Å². The van der Waals surface area contributed by atoms with Gasteiger partial charge in [0.2, 0.25) is 0 Å². The van der Waals surface area contributed by atoms with Crippen LogP contribution in [0, 0.1) is 19.8 Å². The van der Waals surface area contributed by atoms with Crippen molar-refractivity contribution >= 4 is 23.2 Å². The van der Waals surface area contributed by atoms with E-state index in [0.717, 1.165) is 29.0 Å². The maximum atomic E-state index is 13.2. The van der Waals surface area contributed by atoms with E-state index in [2.05, 4.69) is 10.1 Å². The molecule has 1 amide bonds. The van der Waals surface area contributed by atoms with Gasteiger partial charge in [0.1, 0.15) is 0 Å². The highest BCUT2D eigenvalue weighted by molar-refractivity contribution is 7.13. The first-order valence-electron chi connectivity index (χ1n) is 10.4. The van der Waals surface area contributed by atoms with E-state index in [9.17, 15) is 9.59 Å². The molecule has 0 saturated carbocycles. The van der Waals surface area contributed by atoms with Crippen molar-refractivity contribution in [1.82, 2.24) is 24.6 Å². The third kappa shape index (κ3) is 4.23. The quantitative estimate of drug-likeness (QED) is 0.566. The number of amides is 1. The van der Waals surface area contributed by atoms with Crippen molar-refractivity contribution in [3.8, 4) is 16.5 Å². The van der Waals surface area contributed by atoms with Crippen molar-refractivity contribution in [3.05, 3.63) is 46.7 Å². The Balaban J connectivity index is 1.58. The summed E-state index contributed by atoms with van der Waals surface area (Å²) in [5.41, 5.74) is 3.00. The van der Waals surface area contributed by atoms with Crippen LogP contribution in [0.1, 0.15) is 41.4 Å². The molecule has 1 unspecified atom stereocenters. The Morgan fingerprint density at radius 2 is 2.13 bits per heavy atom. The van der Waals surface area contributed by atoms with Crippen molar-refractivity contribution < 1.29 is 14.3 Å². The molecule has 1 atom stereocenters. The van der Waals surface area contributed by atoms with Crippen molar-refractivity contribution in [2.45, 2.75) is 33.6 Å². The molecule has 1 saturated heterocycles. The molecule has 0 aliphatic carbocycles. The molecule has 0 bridgehead atoms. The second kappa shape index (κ2) is 8.97. The van der Waals surface area contributed by atoms with Crippen LogP contribution in [-0.2, 0) is 9.53 Å². The number of rotatable bonds is 5. The standard InChI is InChI=1S/C22H25N5O3S/c1-4-30-21(29)16-7-5-9-26(13-16)20(28)17-12-24-27(15(17)3)22-23-11-14(2)19(25-22)18-8-6-10-31-18/h6,8,10-12,16H,4-5,7,9,13H2,1-3H3. The van der Waals surface area contributed by atoms with Gasteiger partial charge in [0.15, 0.2) is 0 Å². The van der Waals surface area contributed by atoms with Gasteiger partial charge in [0.25, 0.3) is 11.9 Å². The molecule has 1 aliphatic rings. The lowest BCUT2D eigenvalue weighted by Gasteiger charge is -2.31. The number of hydrogen-bond acceptors (Lipinski definition) is 7. The van der Waals surface area contributed by atoms with Crippen LogP contribution in [0.4, 0.5) is 0 Å². The van der Waals surface area contributed by atoms with Crippen LogP contribution in [0.2, 0.25) is 0 Å². The molecule has 0 spiro atoms. The number of nitrogens with zero attached hydrogens (tertiary/aromatic N) is 5. The van der Waals surface area contributed by atoms with Gasteiger partial charge in [-0.3, -0.25) is 9.59 Å². The number of carbonyl (C=O) groups is 2. The first kappa shape index (κ1) is 21.2. The summed E-state index contributed by atoms with van der Waals surface area (Å²) in [5, 5.41) is 6.40. The molecule has 4 heterocycles. The van der Waals surface area contributed by atoms with Crippen LogP contribution >= 0.6 is 11.3 Å². The fourth-order valence-corrected chi connectivity index (χ4v) is 4.58. The predicted octanol–water partition coefficient (Wildman–Crippen LogP) is 3.42. The molecule has 3 aromatic heterocycles. The summed E-state index contributed by atoms with van der Waals surface area (Å²) in [7, 11) is 0. The zero-order valence-corrected chi connectivity index (χ0v) is 18.7. The topological polar surface area (TPSA) is 90.2 Å². The minimum atomic E-state index is -0.276. The number of aromatic nitrogens is 4. The highest BCUT2D eigenvalue weighted by atomic mass is 32.1. The first-order chi connectivity index (χ1) is 15.0. The van der Waals surface area contributed by atoms with Gasteiger partial charge in [0.05, 0.1) is 40.6 Å². The fourth-order valence-electron chi connectivity index (χ4n) is 3.80. The van der Waals surface area contributed by atoms with Gasteiger partial charge in [-0.05, 0) is 50.6 Å². The van der Waals surface area contributed by atoms with Crippen LogP contribution in [0.3, 0.4) is 0 Å².